The van der Waals surface area contributed by atoms with Gasteiger partial charge < -0.3 is 14.9 Å². The first-order valence-corrected chi connectivity index (χ1v) is 6.63. The van der Waals surface area contributed by atoms with Gasteiger partial charge in [0, 0.05) is 6.07 Å². The summed E-state index contributed by atoms with van der Waals surface area (Å²) in [4.78, 5) is 10.9. The van der Waals surface area contributed by atoms with Crippen LogP contribution in [0.25, 0.3) is 0 Å². The van der Waals surface area contributed by atoms with Gasteiger partial charge in [-0.1, -0.05) is 5.92 Å². The number of hydrogen-bond donors (Lipinski definition) is 2. The number of amides is 2. The first kappa shape index (κ1) is 16.4. The highest BCUT2D eigenvalue weighted by molar-refractivity contribution is 5.72. The second-order valence-corrected chi connectivity index (χ2v) is 5.13. The SMILES string of the molecule is CC(C)(C#Cc1ccc(Oc2ccc(F)cc2)o1)N(O)C(N)=O. The Kier molecular flexibility index (Phi) is 4.57. The molecule has 0 aliphatic rings. The molecule has 0 bridgehead atoms. The van der Waals surface area contributed by atoms with Gasteiger partial charge in [0.05, 0.1) is 0 Å². The summed E-state index contributed by atoms with van der Waals surface area (Å²) in [6.07, 6.45) is 0. The molecule has 0 fully saturated rings. The van der Waals surface area contributed by atoms with Crippen LogP contribution in [0, 0.1) is 17.7 Å². The first-order valence-electron chi connectivity index (χ1n) is 6.63. The number of rotatable bonds is 3. The molecule has 0 saturated carbocycles. The van der Waals surface area contributed by atoms with Crippen molar-refractivity contribution >= 4 is 6.03 Å². The summed E-state index contributed by atoms with van der Waals surface area (Å²) in [7, 11) is 0. The van der Waals surface area contributed by atoms with Crippen LogP contribution in [0.3, 0.4) is 0 Å². The molecule has 1 aromatic heterocycles. The summed E-state index contributed by atoms with van der Waals surface area (Å²) >= 11 is 0. The van der Waals surface area contributed by atoms with E-state index in [0.717, 1.165) is 0 Å². The maximum atomic E-state index is 12.8. The van der Waals surface area contributed by atoms with Crippen LogP contribution in [0.1, 0.15) is 19.6 Å². The van der Waals surface area contributed by atoms with E-state index in [2.05, 4.69) is 11.8 Å². The minimum absolute atomic E-state index is 0.175. The van der Waals surface area contributed by atoms with Gasteiger partial charge in [0.1, 0.15) is 17.1 Å². The van der Waals surface area contributed by atoms with Gasteiger partial charge in [0.15, 0.2) is 5.76 Å². The van der Waals surface area contributed by atoms with Crippen molar-refractivity contribution in [3.05, 3.63) is 48.0 Å². The molecule has 0 saturated heterocycles. The van der Waals surface area contributed by atoms with Crippen LogP contribution in [0.5, 0.6) is 11.7 Å². The smallest absolute Gasteiger partial charge is 0.339 e. The molecule has 3 N–H and O–H groups in total. The summed E-state index contributed by atoms with van der Waals surface area (Å²) < 4.78 is 23.6. The second kappa shape index (κ2) is 6.42. The summed E-state index contributed by atoms with van der Waals surface area (Å²) in [5.74, 6) is 5.83. The van der Waals surface area contributed by atoms with Crippen molar-refractivity contribution in [1.82, 2.24) is 5.06 Å². The number of primary amides is 1. The Morgan fingerprint density at radius 1 is 1.30 bits per heavy atom. The average molecular weight is 318 g/mol. The highest BCUT2D eigenvalue weighted by atomic mass is 19.1. The lowest BCUT2D eigenvalue weighted by Crippen LogP contribution is -2.47. The van der Waals surface area contributed by atoms with Crippen LogP contribution in [0.2, 0.25) is 0 Å². The van der Waals surface area contributed by atoms with Gasteiger partial charge in [-0.2, -0.15) is 5.06 Å². The van der Waals surface area contributed by atoms with E-state index in [1.165, 1.54) is 38.1 Å². The van der Waals surface area contributed by atoms with E-state index in [9.17, 15) is 14.4 Å². The van der Waals surface area contributed by atoms with Crippen LogP contribution in [0.15, 0.2) is 40.8 Å². The Bertz CT molecular complexity index is 756. The standard InChI is InChI=1S/C16H15FN2O4/c1-16(2,19(21)15(18)20)10-9-13-7-8-14(23-13)22-12-5-3-11(17)4-6-12/h3-8,21H,1-2H3,(H2,18,20). The molecule has 0 aliphatic heterocycles. The highest BCUT2D eigenvalue weighted by Crippen LogP contribution is 2.23. The maximum Gasteiger partial charge on any atom is 0.339 e. The number of carbonyl (C=O) groups excluding carboxylic acids is 1. The van der Waals surface area contributed by atoms with Crippen LogP contribution in [-0.4, -0.2) is 21.8 Å². The van der Waals surface area contributed by atoms with E-state index in [-0.39, 0.29) is 17.5 Å². The third kappa shape index (κ3) is 4.25. The van der Waals surface area contributed by atoms with Gasteiger partial charge in [-0.05, 0) is 50.1 Å². The molecule has 0 spiro atoms. The zero-order valence-corrected chi connectivity index (χ0v) is 12.5. The Morgan fingerprint density at radius 2 is 1.96 bits per heavy atom. The second-order valence-electron chi connectivity index (χ2n) is 5.13. The van der Waals surface area contributed by atoms with Gasteiger partial charge in [-0.3, -0.25) is 5.21 Å². The number of furan rings is 1. The fourth-order valence-corrected chi connectivity index (χ4v) is 1.60. The number of carbonyl (C=O) groups is 1. The largest absolute Gasteiger partial charge is 0.426 e. The molecule has 0 atom stereocenters. The van der Waals surface area contributed by atoms with Crippen LogP contribution < -0.4 is 10.5 Å². The molecule has 1 aromatic carbocycles. The fourth-order valence-electron chi connectivity index (χ4n) is 1.60. The number of ether oxygens (including phenoxy) is 1. The predicted octanol–water partition coefficient (Wildman–Crippen LogP) is 3.11. The van der Waals surface area contributed by atoms with Crippen LogP contribution >= 0.6 is 0 Å². The van der Waals surface area contributed by atoms with E-state index >= 15 is 0 Å². The molecule has 23 heavy (non-hydrogen) atoms. The van der Waals surface area contributed by atoms with E-state index in [4.69, 9.17) is 14.9 Å². The van der Waals surface area contributed by atoms with E-state index in [1.54, 1.807) is 12.1 Å². The van der Waals surface area contributed by atoms with Crippen molar-refractivity contribution in [1.29, 1.82) is 0 Å². The van der Waals surface area contributed by atoms with Crippen molar-refractivity contribution in [2.45, 2.75) is 19.4 Å². The number of benzene rings is 1. The summed E-state index contributed by atoms with van der Waals surface area (Å²) in [6, 6.07) is 7.55. The highest BCUT2D eigenvalue weighted by Gasteiger charge is 2.26. The number of hydroxylamine groups is 2. The molecule has 0 unspecified atom stereocenters. The molecule has 120 valence electrons. The Labute approximate surface area is 132 Å². The zero-order valence-electron chi connectivity index (χ0n) is 12.5. The van der Waals surface area contributed by atoms with Crippen molar-refractivity contribution in [2.24, 2.45) is 5.73 Å². The molecular formula is C16H15FN2O4. The van der Waals surface area contributed by atoms with Crippen molar-refractivity contribution in [3.63, 3.8) is 0 Å². The van der Waals surface area contributed by atoms with Crippen molar-refractivity contribution in [3.8, 4) is 23.5 Å². The topological polar surface area (TPSA) is 88.9 Å². The summed E-state index contributed by atoms with van der Waals surface area (Å²) in [5.41, 5.74) is 3.81. The lowest BCUT2D eigenvalue weighted by molar-refractivity contribution is -0.0889. The molecule has 2 rings (SSSR count). The zero-order chi connectivity index (χ0) is 17.0. The predicted molar refractivity (Wildman–Crippen MR) is 79.3 cm³/mol. The van der Waals surface area contributed by atoms with Gasteiger partial charge >= 0.3 is 6.03 Å². The summed E-state index contributed by atoms with van der Waals surface area (Å²) in [6.45, 7) is 3.03. The average Bonchev–Trinajstić information content (AvgIpc) is 2.94. The Hall–Kier alpha value is -2.98. The molecule has 2 amide bonds. The van der Waals surface area contributed by atoms with Gasteiger partial charge in [-0.15, -0.1) is 0 Å². The first-order chi connectivity index (χ1) is 10.8. The number of nitrogens with zero attached hydrogens (tertiary/aromatic N) is 1. The Morgan fingerprint density at radius 3 is 2.57 bits per heavy atom. The van der Waals surface area contributed by atoms with E-state index in [0.29, 0.717) is 10.8 Å². The summed E-state index contributed by atoms with van der Waals surface area (Å²) in [5, 5.41) is 9.86. The minimum atomic E-state index is -1.18. The van der Waals surface area contributed by atoms with E-state index < -0.39 is 11.6 Å². The number of nitrogens with two attached hydrogens (primary N) is 1. The van der Waals surface area contributed by atoms with Gasteiger partial charge in [-0.25, -0.2) is 9.18 Å². The van der Waals surface area contributed by atoms with Gasteiger partial charge in [0.25, 0.3) is 5.95 Å². The number of hydrogen-bond acceptors (Lipinski definition) is 4. The van der Waals surface area contributed by atoms with Gasteiger partial charge in [0.2, 0.25) is 0 Å². The third-order valence-corrected chi connectivity index (χ3v) is 2.84. The number of halogens is 1. The van der Waals surface area contributed by atoms with Crippen LogP contribution in [-0.2, 0) is 0 Å². The quantitative estimate of drug-likeness (QED) is 0.517. The molecular weight excluding hydrogens is 303 g/mol. The van der Waals surface area contributed by atoms with Crippen LogP contribution in [0.4, 0.5) is 9.18 Å². The van der Waals surface area contributed by atoms with Crippen molar-refractivity contribution < 1.29 is 23.5 Å². The number of urea groups is 1. The molecule has 1 heterocycles. The minimum Gasteiger partial charge on any atom is -0.426 e. The monoisotopic (exact) mass is 318 g/mol. The fraction of sp³-hybridized carbons (Fsp3) is 0.188. The van der Waals surface area contributed by atoms with E-state index in [1.807, 2.05) is 0 Å². The molecule has 6 nitrogen and oxygen atoms in total. The normalized spacial score (nSPS) is 10.6. The third-order valence-electron chi connectivity index (χ3n) is 2.84. The maximum absolute atomic E-state index is 12.8. The van der Waals surface area contributed by atoms with Crippen molar-refractivity contribution in [2.75, 3.05) is 0 Å². The Balaban J connectivity index is 2.10. The molecule has 0 aliphatic carbocycles. The molecule has 0 radical (unpaired) electrons. The lowest BCUT2D eigenvalue weighted by Gasteiger charge is -2.26. The molecule has 7 heteroatoms. The lowest BCUT2D eigenvalue weighted by atomic mass is 10.1. The molecule has 2 aromatic rings.